The van der Waals surface area contributed by atoms with E-state index in [1.807, 2.05) is 29.6 Å². The van der Waals surface area contributed by atoms with Crippen molar-refractivity contribution in [3.05, 3.63) is 58.1 Å². The summed E-state index contributed by atoms with van der Waals surface area (Å²) < 4.78 is 14.6. The Morgan fingerprint density at radius 1 is 1.25 bits per heavy atom. The fraction of sp³-hybridized carbons (Fsp3) is 0.250. The molecule has 1 atom stereocenters. The lowest BCUT2D eigenvalue weighted by molar-refractivity contribution is -0.120. The van der Waals surface area contributed by atoms with E-state index in [1.54, 1.807) is 23.5 Å². The summed E-state index contributed by atoms with van der Waals surface area (Å²) in [5, 5.41) is 13.4. The highest BCUT2D eigenvalue weighted by atomic mass is 79.9. The van der Waals surface area contributed by atoms with Crippen LogP contribution in [0.5, 0.6) is 0 Å². The molecular weight excluding hydrogens is 443 g/mol. The lowest BCUT2D eigenvalue weighted by Crippen LogP contribution is -2.41. The maximum Gasteiger partial charge on any atom is 0.229 e. The third kappa shape index (κ3) is 4.23. The molecule has 0 bridgehead atoms. The highest BCUT2D eigenvalue weighted by molar-refractivity contribution is 9.10. The van der Waals surface area contributed by atoms with Gasteiger partial charge in [-0.25, -0.2) is 4.39 Å². The fourth-order valence-corrected chi connectivity index (χ4v) is 4.30. The van der Waals surface area contributed by atoms with E-state index in [-0.39, 0.29) is 17.5 Å². The molecule has 1 fully saturated rings. The van der Waals surface area contributed by atoms with Crippen molar-refractivity contribution in [1.29, 1.82) is 0 Å². The minimum Gasteiger partial charge on any atom is -0.354 e. The van der Waals surface area contributed by atoms with Crippen LogP contribution in [0.25, 0.3) is 10.6 Å². The molecule has 1 unspecified atom stereocenters. The molecule has 0 saturated carbocycles. The van der Waals surface area contributed by atoms with Gasteiger partial charge in [0, 0.05) is 17.6 Å². The van der Waals surface area contributed by atoms with E-state index < -0.39 is 5.82 Å². The second kappa shape index (κ2) is 8.36. The number of nitrogens with one attached hydrogen (secondary N) is 1. The maximum atomic E-state index is 14.0. The second-order valence-corrected chi connectivity index (χ2v) is 8.52. The molecule has 3 heterocycles. The number of halogens is 2. The number of hydrogen-bond acceptors (Lipinski definition) is 5. The highest BCUT2D eigenvalue weighted by Gasteiger charge is 2.27. The number of piperidine rings is 1. The Kier molecular flexibility index (Phi) is 5.68. The van der Waals surface area contributed by atoms with Gasteiger partial charge in [-0.2, -0.15) is 0 Å². The minimum atomic E-state index is -0.453. The van der Waals surface area contributed by atoms with Gasteiger partial charge in [-0.05, 0) is 54.6 Å². The van der Waals surface area contributed by atoms with Crippen molar-refractivity contribution in [2.24, 2.45) is 5.92 Å². The maximum absolute atomic E-state index is 14.0. The Hall–Kier alpha value is -2.32. The quantitative estimate of drug-likeness (QED) is 0.597. The molecule has 1 saturated heterocycles. The number of carbonyl (C=O) groups is 1. The van der Waals surface area contributed by atoms with Crippen molar-refractivity contribution >= 4 is 44.7 Å². The molecule has 4 rings (SSSR count). The van der Waals surface area contributed by atoms with Crippen LogP contribution in [0, 0.1) is 11.7 Å². The fourth-order valence-electron chi connectivity index (χ4n) is 3.27. The van der Waals surface area contributed by atoms with Gasteiger partial charge in [-0.15, -0.1) is 21.5 Å². The normalized spacial score (nSPS) is 16.8. The van der Waals surface area contributed by atoms with E-state index >= 15 is 0 Å². The van der Waals surface area contributed by atoms with Gasteiger partial charge in [0.25, 0.3) is 0 Å². The molecule has 8 heteroatoms. The Labute approximate surface area is 174 Å². The van der Waals surface area contributed by atoms with Gasteiger partial charge < -0.3 is 10.2 Å². The zero-order valence-electron chi connectivity index (χ0n) is 14.9. The molecule has 1 aromatic carbocycles. The van der Waals surface area contributed by atoms with Gasteiger partial charge in [0.2, 0.25) is 5.91 Å². The molecule has 3 aromatic rings. The van der Waals surface area contributed by atoms with Crippen LogP contribution in [-0.2, 0) is 4.79 Å². The summed E-state index contributed by atoms with van der Waals surface area (Å²) in [6, 6.07) is 12.5. The molecular formula is C20H18BrFN4OS. The standard InChI is InChI=1S/C20H18BrFN4OS/c21-14-5-6-16(15(22)11-14)23-20(27)13-3-1-9-26(12-13)19-8-7-17(24-25-19)18-4-2-10-28-18/h2,4-8,10-11,13H,1,3,9,12H2,(H,23,27). The molecule has 144 valence electrons. The minimum absolute atomic E-state index is 0.172. The Morgan fingerprint density at radius 2 is 2.14 bits per heavy atom. The summed E-state index contributed by atoms with van der Waals surface area (Å²) in [5.41, 5.74) is 1.04. The summed E-state index contributed by atoms with van der Waals surface area (Å²) in [6.07, 6.45) is 1.64. The van der Waals surface area contributed by atoms with Crippen LogP contribution in [0.15, 0.2) is 52.3 Å². The molecule has 0 aliphatic carbocycles. The molecule has 0 spiro atoms. The average molecular weight is 461 g/mol. The van der Waals surface area contributed by atoms with Crippen LogP contribution in [0.4, 0.5) is 15.9 Å². The number of anilines is 2. The lowest BCUT2D eigenvalue weighted by atomic mass is 9.97. The molecule has 2 aromatic heterocycles. The molecule has 28 heavy (non-hydrogen) atoms. The van der Waals surface area contributed by atoms with E-state index in [0.29, 0.717) is 11.0 Å². The highest BCUT2D eigenvalue weighted by Crippen LogP contribution is 2.26. The second-order valence-electron chi connectivity index (χ2n) is 6.65. The zero-order chi connectivity index (χ0) is 19.5. The van der Waals surface area contributed by atoms with Crippen LogP contribution in [0.3, 0.4) is 0 Å². The Morgan fingerprint density at radius 3 is 2.86 bits per heavy atom. The van der Waals surface area contributed by atoms with E-state index in [0.717, 1.165) is 35.8 Å². The third-order valence-electron chi connectivity index (χ3n) is 4.73. The first kappa shape index (κ1) is 19.0. The molecule has 1 aliphatic heterocycles. The SMILES string of the molecule is O=C(Nc1ccc(Br)cc1F)C1CCCN(c2ccc(-c3cccs3)nn2)C1. The van der Waals surface area contributed by atoms with Crippen molar-refractivity contribution in [3.8, 4) is 10.6 Å². The number of thiophene rings is 1. The molecule has 1 N–H and O–H groups in total. The Balaban J connectivity index is 1.43. The number of carbonyl (C=O) groups excluding carboxylic acids is 1. The average Bonchev–Trinajstić information content (AvgIpc) is 3.25. The van der Waals surface area contributed by atoms with Crippen LogP contribution >= 0.6 is 27.3 Å². The van der Waals surface area contributed by atoms with Gasteiger partial charge in [-0.3, -0.25) is 4.79 Å². The first-order chi connectivity index (χ1) is 13.6. The molecule has 0 radical (unpaired) electrons. The smallest absolute Gasteiger partial charge is 0.229 e. The van der Waals surface area contributed by atoms with Gasteiger partial charge >= 0.3 is 0 Å². The predicted octanol–water partition coefficient (Wildman–Crippen LogP) is 4.96. The number of benzene rings is 1. The van der Waals surface area contributed by atoms with Crippen molar-refractivity contribution in [3.63, 3.8) is 0 Å². The topological polar surface area (TPSA) is 58.1 Å². The first-order valence-corrected chi connectivity index (χ1v) is 10.7. The van der Waals surface area contributed by atoms with Crippen molar-refractivity contribution in [2.45, 2.75) is 12.8 Å². The number of rotatable bonds is 4. The van der Waals surface area contributed by atoms with Crippen LogP contribution in [0.2, 0.25) is 0 Å². The Bertz CT molecular complexity index is 965. The predicted molar refractivity (Wildman–Crippen MR) is 113 cm³/mol. The summed E-state index contributed by atoms with van der Waals surface area (Å²) in [6.45, 7) is 1.36. The lowest BCUT2D eigenvalue weighted by Gasteiger charge is -2.32. The van der Waals surface area contributed by atoms with Gasteiger partial charge in [-0.1, -0.05) is 22.0 Å². The first-order valence-electron chi connectivity index (χ1n) is 8.98. The monoisotopic (exact) mass is 460 g/mol. The zero-order valence-corrected chi connectivity index (χ0v) is 17.3. The van der Waals surface area contributed by atoms with Crippen molar-refractivity contribution in [1.82, 2.24) is 10.2 Å². The summed E-state index contributed by atoms with van der Waals surface area (Å²) in [4.78, 5) is 15.8. The van der Waals surface area contributed by atoms with E-state index in [2.05, 4.69) is 36.3 Å². The van der Waals surface area contributed by atoms with E-state index in [1.165, 1.54) is 6.07 Å². The third-order valence-corrected chi connectivity index (χ3v) is 6.11. The van der Waals surface area contributed by atoms with Gasteiger partial charge in [0.05, 0.1) is 16.5 Å². The number of aromatic nitrogens is 2. The number of amides is 1. The molecule has 5 nitrogen and oxygen atoms in total. The largest absolute Gasteiger partial charge is 0.354 e. The van der Waals surface area contributed by atoms with Gasteiger partial charge in [0.15, 0.2) is 5.82 Å². The summed E-state index contributed by atoms with van der Waals surface area (Å²) >= 11 is 4.84. The molecule has 1 amide bonds. The van der Waals surface area contributed by atoms with Crippen LogP contribution in [-0.4, -0.2) is 29.2 Å². The summed E-state index contributed by atoms with van der Waals surface area (Å²) in [5.74, 6) is -0.0947. The van der Waals surface area contributed by atoms with Gasteiger partial charge in [0.1, 0.15) is 11.5 Å². The van der Waals surface area contributed by atoms with Crippen LogP contribution < -0.4 is 10.2 Å². The van der Waals surface area contributed by atoms with Crippen LogP contribution in [0.1, 0.15) is 12.8 Å². The summed E-state index contributed by atoms with van der Waals surface area (Å²) in [7, 11) is 0. The number of hydrogen-bond donors (Lipinski definition) is 1. The van der Waals surface area contributed by atoms with E-state index in [4.69, 9.17) is 0 Å². The molecule has 1 aliphatic rings. The van der Waals surface area contributed by atoms with Crippen molar-refractivity contribution < 1.29 is 9.18 Å². The van der Waals surface area contributed by atoms with E-state index in [9.17, 15) is 9.18 Å². The van der Waals surface area contributed by atoms with Crippen molar-refractivity contribution in [2.75, 3.05) is 23.3 Å². The number of nitrogens with zero attached hydrogens (tertiary/aromatic N) is 3.